The molecule has 0 unspecified atom stereocenters. The van der Waals surface area contributed by atoms with E-state index in [1.807, 2.05) is 18.4 Å². The van der Waals surface area contributed by atoms with Gasteiger partial charge in [0.05, 0.1) is 19.6 Å². The van der Waals surface area contributed by atoms with Crippen molar-refractivity contribution in [1.29, 1.82) is 0 Å². The first-order chi connectivity index (χ1) is 13.3. The van der Waals surface area contributed by atoms with Gasteiger partial charge in [0, 0.05) is 13.2 Å². The predicted octanol–water partition coefficient (Wildman–Crippen LogP) is 1.29. The van der Waals surface area contributed by atoms with Crippen LogP contribution in [0.5, 0.6) is 0 Å². The maximum absolute atomic E-state index is 13.3. The van der Waals surface area contributed by atoms with E-state index in [-0.39, 0.29) is 37.1 Å². The fourth-order valence-corrected chi connectivity index (χ4v) is 3.42. The average molecular weight is 390 g/mol. The van der Waals surface area contributed by atoms with E-state index in [2.05, 4.69) is 0 Å². The third-order valence-electron chi connectivity index (χ3n) is 4.66. The number of aliphatic hydroxyl groups excluding tert-OH is 1. The molecule has 1 N–H and O–H groups in total. The summed E-state index contributed by atoms with van der Waals surface area (Å²) in [6.07, 6.45) is 0.501. The topological polar surface area (TPSA) is 76.5 Å². The molecule has 1 aromatic heterocycles. The number of hydrogen-bond donors (Lipinski definition) is 1. The summed E-state index contributed by atoms with van der Waals surface area (Å²) in [5, 5.41) is 9.06. The van der Waals surface area contributed by atoms with Gasteiger partial charge >= 0.3 is 5.69 Å². The number of hydrogen-bond acceptors (Lipinski definition) is 4. The lowest BCUT2D eigenvalue weighted by molar-refractivity contribution is -0.471. The molecule has 0 atom stereocenters. The number of rotatable bonds is 6. The zero-order valence-electron chi connectivity index (χ0n) is 16.3. The quantitative estimate of drug-likeness (QED) is 0.755. The van der Waals surface area contributed by atoms with E-state index in [0.29, 0.717) is 30.2 Å². The second-order valence-corrected chi connectivity index (χ2v) is 7.13. The summed E-state index contributed by atoms with van der Waals surface area (Å²) >= 11 is 0. The predicted molar refractivity (Wildman–Crippen MR) is 103 cm³/mol. The van der Waals surface area contributed by atoms with Crippen molar-refractivity contribution in [2.45, 2.75) is 45.9 Å². The molecule has 0 aliphatic carbocycles. The monoisotopic (exact) mass is 390 g/mol. The lowest BCUT2D eigenvalue weighted by Crippen LogP contribution is -2.41. The van der Waals surface area contributed by atoms with Crippen LogP contribution in [0.3, 0.4) is 0 Å². The number of fused-ring (bicyclic) bond motifs is 1. The fraction of sp³-hybridized carbons (Fsp3) is 0.450. The Labute approximate surface area is 161 Å². The Balaban J connectivity index is 2.12. The molecule has 0 radical (unpaired) electrons. The molecular weight excluding hydrogens is 365 g/mol. The van der Waals surface area contributed by atoms with Gasteiger partial charge in [0.15, 0.2) is 0 Å². The Hall–Kier alpha value is -2.74. The van der Waals surface area contributed by atoms with Gasteiger partial charge in [-0.05, 0) is 38.0 Å². The molecule has 0 fully saturated rings. The first-order valence-corrected chi connectivity index (χ1v) is 9.31. The molecule has 8 heteroatoms. The van der Waals surface area contributed by atoms with E-state index >= 15 is 0 Å². The Kier molecular flexibility index (Phi) is 5.79. The molecule has 3 rings (SSSR count). The maximum atomic E-state index is 13.3. The van der Waals surface area contributed by atoms with Crippen molar-refractivity contribution in [2.75, 3.05) is 6.61 Å². The zero-order valence-corrected chi connectivity index (χ0v) is 16.3. The molecular formula is C20H25FN3O4+. The molecule has 0 amide bonds. The lowest BCUT2D eigenvalue weighted by atomic mass is 10.2. The zero-order chi connectivity index (χ0) is 20.4. The van der Waals surface area contributed by atoms with Crippen molar-refractivity contribution in [3.63, 3.8) is 0 Å². The molecule has 28 heavy (non-hydrogen) atoms. The summed E-state index contributed by atoms with van der Waals surface area (Å²) in [6, 6.07) is 6.09. The van der Waals surface area contributed by atoms with Crippen molar-refractivity contribution in [3.05, 3.63) is 62.0 Å². The van der Waals surface area contributed by atoms with Gasteiger partial charge in [0.2, 0.25) is 0 Å². The van der Waals surface area contributed by atoms with Crippen LogP contribution in [0.1, 0.15) is 31.4 Å². The van der Waals surface area contributed by atoms with Crippen LogP contribution in [0.4, 0.5) is 10.2 Å². The van der Waals surface area contributed by atoms with E-state index in [4.69, 9.17) is 9.84 Å². The third kappa shape index (κ3) is 3.77. The number of aliphatic hydroxyl groups is 1. The van der Waals surface area contributed by atoms with Crippen LogP contribution in [0, 0.1) is 5.82 Å². The van der Waals surface area contributed by atoms with E-state index in [1.54, 1.807) is 19.2 Å². The second kappa shape index (κ2) is 8.10. The highest BCUT2D eigenvalue weighted by Gasteiger charge is 2.36. The molecule has 0 saturated carbocycles. The summed E-state index contributed by atoms with van der Waals surface area (Å²) in [4.78, 5) is 25.7. The normalized spacial score (nSPS) is 13.4. The Morgan fingerprint density at radius 2 is 1.93 bits per heavy atom. The van der Waals surface area contributed by atoms with Gasteiger partial charge < -0.3 is 9.84 Å². The van der Waals surface area contributed by atoms with Crippen LogP contribution in [0.15, 0.2) is 33.9 Å². The molecule has 0 bridgehead atoms. The molecule has 2 heterocycles. The van der Waals surface area contributed by atoms with Crippen LogP contribution >= 0.6 is 0 Å². The van der Waals surface area contributed by atoms with Crippen LogP contribution in [-0.2, 0) is 31.3 Å². The fourth-order valence-electron chi connectivity index (χ4n) is 3.42. The highest BCUT2D eigenvalue weighted by Crippen LogP contribution is 2.25. The first kappa shape index (κ1) is 20.0. The van der Waals surface area contributed by atoms with Gasteiger partial charge in [-0.15, -0.1) is 0 Å². The Morgan fingerprint density at radius 3 is 2.54 bits per heavy atom. The van der Waals surface area contributed by atoms with E-state index < -0.39 is 5.69 Å². The minimum absolute atomic E-state index is 0.1000. The van der Waals surface area contributed by atoms with Crippen LogP contribution in [0.2, 0.25) is 0 Å². The number of ether oxygens (including phenoxy) is 1. The number of aromatic nitrogens is 2. The van der Waals surface area contributed by atoms with Crippen molar-refractivity contribution in [3.8, 4) is 0 Å². The number of halogens is 1. The van der Waals surface area contributed by atoms with Gasteiger partial charge in [-0.2, -0.15) is 9.14 Å². The van der Waals surface area contributed by atoms with E-state index in [0.717, 1.165) is 10.1 Å². The van der Waals surface area contributed by atoms with Crippen molar-refractivity contribution < 1.29 is 18.8 Å². The minimum atomic E-state index is -0.438. The maximum Gasteiger partial charge on any atom is 0.418 e. The first-order valence-electron chi connectivity index (χ1n) is 9.31. The van der Waals surface area contributed by atoms with Gasteiger partial charge in [0.25, 0.3) is 17.3 Å². The smallest absolute Gasteiger partial charge is 0.418 e. The summed E-state index contributed by atoms with van der Waals surface area (Å²) in [5.41, 5.74) is 0.513. The summed E-state index contributed by atoms with van der Waals surface area (Å²) in [5.74, 6) is 0.754. The summed E-state index contributed by atoms with van der Waals surface area (Å²) < 4.78 is 23.6. The summed E-state index contributed by atoms with van der Waals surface area (Å²) in [7, 11) is 1.62. The third-order valence-corrected chi connectivity index (χ3v) is 4.66. The molecule has 7 nitrogen and oxygen atoms in total. The second-order valence-electron chi connectivity index (χ2n) is 7.13. The highest BCUT2D eigenvalue weighted by atomic mass is 19.1. The highest BCUT2D eigenvalue weighted by molar-refractivity contribution is 5.79. The van der Waals surface area contributed by atoms with Gasteiger partial charge in [-0.3, -0.25) is 4.79 Å². The number of benzene rings is 1. The van der Waals surface area contributed by atoms with Crippen molar-refractivity contribution in [2.24, 2.45) is 7.05 Å². The van der Waals surface area contributed by atoms with E-state index in [1.165, 1.54) is 16.7 Å². The Morgan fingerprint density at radius 1 is 1.25 bits per heavy atom. The number of nitrogens with zero attached hydrogens (tertiary/aromatic N) is 3. The SMILES string of the molecule is CC(C)OC1=[N+](Cc2ccc(F)cc2)c2c(c(=O)n(CCCO)c(=O)n2C)C1. The van der Waals surface area contributed by atoms with Gasteiger partial charge in [-0.1, -0.05) is 12.1 Å². The van der Waals surface area contributed by atoms with Crippen LogP contribution in [0.25, 0.3) is 0 Å². The minimum Gasteiger partial charge on any atom is -0.462 e. The molecule has 1 aliphatic heterocycles. The average Bonchev–Trinajstić information content (AvgIpc) is 2.99. The molecule has 2 aromatic rings. The molecule has 150 valence electrons. The van der Waals surface area contributed by atoms with Crippen molar-refractivity contribution >= 4 is 11.7 Å². The molecule has 1 aromatic carbocycles. The largest absolute Gasteiger partial charge is 0.462 e. The lowest BCUT2D eigenvalue weighted by Gasteiger charge is -2.12. The van der Waals surface area contributed by atoms with Crippen LogP contribution in [-0.4, -0.2) is 37.4 Å². The molecule has 0 saturated heterocycles. The van der Waals surface area contributed by atoms with Crippen molar-refractivity contribution in [1.82, 2.24) is 9.13 Å². The van der Waals surface area contributed by atoms with Gasteiger partial charge in [0.1, 0.15) is 17.9 Å². The van der Waals surface area contributed by atoms with Crippen LogP contribution < -0.4 is 11.2 Å². The molecule has 1 aliphatic rings. The Bertz CT molecular complexity index is 1020. The summed E-state index contributed by atoms with van der Waals surface area (Å²) in [6.45, 7) is 4.20. The standard InChI is InChI=1S/C20H25FN3O4/c1-13(2)28-17-11-16-18(24(17)12-14-5-7-15(21)8-6-14)22(3)20(27)23(19(16)26)9-4-10-25/h5-8,13,25H,4,9-12H2,1-3H3/q+1. The molecule has 0 spiro atoms. The van der Waals surface area contributed by atoms with Gasteiger partial charge in [-0.25, -0.2) is 13.8 Å². The van der Waals surface area contributed by atoms with E-state index in [9.17, 15) is 14.0 Å².